The van der Waals surface area contributed by atoms with Gasteiger partial charge in [0.05, 0.1) is 23.4 Å². The Morgan fingerprint density at radius 3 is 2.61 bits per heavy atom. The molecule has 0 radical (unpaired) electrons. The van der Waals surface area contributed by atoms with Crippen LogP contribution in [-0.4, -0.2) is 34.0 Å². The number of likely N-dealkylation sites (N-methyl/N-ethyl adjacent to an activating group) is 1. The molecule has 1 aromatic carbocycles. The average Bonchev–Trinajstić information content (AvgIpc) is 2.96. The average molecular weight is 330 g/mol. The first kappa shape index (κ1) is 17.4. The van der Waals surface area contributed by atoms with Crippen molar-refractivity contribution in [3.05, 3.63) is 57.6 Å². The molecule has 0 spiro atoms. The van der Waals surface area contributed by atoms with Crippen LogP contribution in [0.3, 0.4) is 0 Å². The molecule has 0 bridgehead atoms. The van der Waals surface area contributed by atoms with Crippen LogP contribution in [0.4, 0.5) is 0 Å². The van der Waals surface area contributed by atoms with Crippen LogP contribution in [0.1, 0.15) is 34.9 Å². The zero-order valence-electron chi connectivity index (χ0n) is 13.7. The van der Waals surface area contributed by atoms with E-state index in [1.165, 1.54) is 6.08 Å². The Morgan fingerprint density at radius 2 is 2.04 bits per heavy atom. The van der Waals surface area contributed by atoms with Gasteiger partial charge in [0.1, 0.15) is 0 Å². The third-order valence-electron chi connectivity index (χ3n) is 3.58. The maximum Gasteiger partial charge on any atom is 0.246 e. The highest BCUT2D eigenvalue weighted by Gasteiger charge is 2.15. The number of amides is 1. The number of aliphatic hydroxyl groups excluding tert-OH is 1. The summed E-state index contributed by atoms with van der Waals surface area (Å²) in [4.78, 5) is 18.2. The summed E-state index contributed by atoms with van der Waals surface area (Å²) in [5.41, 5.74) is 2.75. The molecular formula is C18H22N2O2S. The van der Waals surface area contributed by atoms with E-state index < -0.39 is 6.10 Å². The Balaban J connectivity index is 1.99. The maximum atomic E-state index is 12.3. The normalized spacial score (nSPS) is 12.5. The van der Waals surface area contributed by atoms with Crippen molar-refractivity contribution >= 4 is 23.3 Å². The predicted octanol–water partition coefficient (Wildman–Crippen LogP) is 3.36. The van der Waals surface area contributed by atoms with Crippen molar-refractivity contribution in [2.45, 2.75) is 26.9 Å². The highest BCUT2D eigenvalue weighted by molar-refractivity contribution is 7.09. The highest BCUT2D eigenvalue weighted by Crippen LogP contribution is 2.16. The van der Waals surface area contributed by atoms with Crippen molar-refractivity contribution in [2.24, 2.45) is 0 Å². The third-order valence-corrected chi connectivity index (χ3v) is 4.37. The summed E-state index contributed by atoms with van der Waals surface area (Å²) in [5.74, 6) is -0.121. The minimum atomic E-state index is -0.686. The van der Waals surface area contributed by atoms with Gasteiger partial charge in [0.25, 0.3) is 0 Å². The van der Waals surface area contributed by atoms with Gasteiger partial charge in [0, 0.05) is 18.0 Å². The molecule has 0 aliphatic rings. The standard InChI is InChI=1S/C18H22N2O2S/c1-4-20(11-17(21)15-7-5-13(2)6-8-15)18(22)10-9-16-12-23-14(3)19-16/h5-10,12,17,21H,4,11H2,1-3H3. The van der Waals surface area contributed by atoms with E-state index in [0.717, 1.165) is 21.8 Å². The van der Waals surface area contributed by atoms with Crippen molar-refractivity contribution < 1.29 is 9.90 Å². The smallest absolute Gasteiger partial charge is 0.246 e. The van der Waals surface area contributed by atoms with Crippen LogP contribution in [0.15, 0.2) is 35.7 Å². The summed E-state index contributed by atoms with van der Waals surface area (Å²) in [6.45, 7) is 6.66. The van der Waals surface area contributed by atoms with Gasteiger partial charge in [-0.1, -0.05) is 29.8 Å². The minimum Gasteiger partial charge on any atom is -0.387 e. The number of aliphatic hydroxyl groups is 1. The number of aryl methyl sites for hydroxylation is 2. The van der Waals surface area contributed by atoms with Crippen molar-refractivity contribution in [3.63, 3.8) is 0 Å². The van der Waals surface area contributed by atoms with Crippen molar-refractivity contribution in [1.82, 2.24) is 9.88 Å². The molecule has 0 aliphatic carbocycles. The maximum absolute atomic E-state index is 12.3. The first-order chi connectivity index (χ1) is 11.0. The second kappa shape index (κ2) is 8.04. The number of benzene rings is 1. The third kappa shape index (κ3) is 5.01. The molecule has 1 N–H and O–H groups in total. The molecule has 1 aromatic heterocycles. The molecule has 1 heterocycles. The molecule has 0 saturated heterocycles. The Labute approximate surface area is 141 Å². The summed E-state index contributed by atoms with van der Waals surface area (Å²) in [6.07, 6.45) is 2.54. The van der Waals surface area contributed by atoms with E-state index in [1.807, 2.05) is 50.4 Å². The zero-order valence-corrected chi connectivity index (χ0v) is 14.5. The van der Waals surface area contributed by atoms with Crippen LogP contribution in [0.2, 0.25) is 0 Å². The van der Waals surface area contributed by atoms with Crippen molar-refractivity contribution in [2.75, 3.05) is 13.1 Å². The number of hydrogen-bond donors (Lipinski definition) is 1. The van der Waals surface area contributed by atoms with Crippen LogP contribution < -0.4 is 0 Å². The quantitative estimate of drug-likeness (QED) is 0.826. The highest BCUT2D eigenvalue weighted by atomic mass is 32.1. The first-order valence-corrected chi connectivity index (χ1v) is 8.51. The molecule has 0 fully saturated rings. The van der Waals surface area contributed by atoms with Gasteiger partial charge in [-0.3, -0.25) is 4.79 Å². The van der Waals surface area contributed by atoms with E-state index >= 15 is 0 Å². The summed E-state index contributed by atoms with van der Waals surface area (Å²) in [7, 11) is 0. The zero-order chi connectivity index (χ0) is 16.8. The van der Waals surface area contributed by atoms with Gasteiger partial charge in [-0.2, -0.15) is 0 Å². The lowest BCUT2D eigenvalue weighted by Crippen LogP contribution is -2.33. The van der Waals surface area contributed by atoms with Crippen LogP contribution in [-0.2, 0) is 4.79 Å². The summed E-state index contributed by atoms with van der Waals surface area (Å²) in [6, 6.07) is 7.71. The lowest BCUT2D eigenvalue weighted by atomic mass is 10.1. The monoisotopic (exact) mass is 330 g/mol. The SMILES string of the molecule is CCN(CC(O)c1ccc(C)cc1)C(=O)C=Cc1csc(C)n1. The fourth-order valence-electron chi connectivity index (χ4n) is 2.20. The van der Waals surface area contributed by atoms with Crippen LogP contribution in [0.5, 0.6) is 0 Å². The number of nitrogens with zero attached hydrogens (tertiary/aromatic N) is 2. The number of carbonyl (C=O) groups excluding carboxylic acids is 1. The summed E-state index contributed by atoms with van der Waals surface area (Å²) >= 11 is 1.55. The summed E-state index contributed by atoms with van der Waals surface area (Å²) < 4.78 is 0. The molecule has 0 aliphatic heterocycles. The molecule has 2 rings (SSSR count). The molecule has 1 atom stereocenters. The molecule has 1 amide bonds. The van der Waals surface area contributed by atoms with Gasteiger partial charge in [-0.05, 0) is 32.4 Å². The topological polar surface area (TPSA) is 53.4 Å². The number of rotatable bonds is 6. The first-order valence-electron chi connectivity index (χ1n) is 7.63. The van der Waals surface area contributed by atoms with Crippen molar-refractivity contribution in [3.8, 4) is 0 Å². The van der Waals surface area contributed by atoms with Gasteiger partial charge < -0.3 is 10.0 Å². The van der Waals surface area contributed by atoms with Gasteiger partial charge >= 0.3 is 0 Å². The lowest BCUT2D eigenvalue weighted by Gasteiger charge is -2.23. The van der Waals surface area contributed by atoms with E-state index in [-0.39, 0.29) is 12.5 Å². The molecule has 0 saturated carbocycles. The predicted molar refractivity (Wildman–Crippen MR) is 94.3 cm³/mol. The molecule has 122 valence electrons. The van der Waals surface area contributed by atoms with E-state index in [0.29, 0.717) is 6.54 Å². The Kier molecular flexibility index (Phi) is 6.07. The van der Waals surface area contributed by atoms with Gasteiger partial charge in [-0.25, -0.2) is 4.98 Å². The van der Waals surface area contributed by atoms with Crippen LogP contribution in [0, 0.1) is 13.8 Å². The van der Waals surface area contributed by atoms with E-state index in [2.05, 4.69) is 4.98 Å². The Morgan fingerprint density at radius 1 is 1.35 bits per heavy atom. The van der Waals surface area contributed by atoms with Crippen molar-refractivity contribution in [1.29, 1.82) is 0 Å². The fourth-order valence-corrected chi connectivity index (χ4v) is 2.78. The molecular weight excluding hydrogens is 308 g/mol. The van der Waals surface area contributed by atoms with Crippen LogP contribution in [0.25, 0.3) is 6.08 Å². The van der Waals surface area contributed by atoms with E-state index in [4.69, 9.17) is 0 Å². The second-order valence-electron chi connectivity index (χ2n) is 5.43. The second-order valence-corrected chi connectivity index (χ2v) is 6.49. The number of hydrogen-bond acceptors (Lipinski definition) is 4. The van der Waals surface area contributed by atoms with Gasteiger partial charge in [0.15, 0.2) is 0 Å². The van der Waals surface area contributed by atoms with E-state index in [1.54, 1.807) is 22.3 Å². The molecule has 5 heteroatoms. The largest absolute Gasteiger partial charge is 0.387 e. The van der Waals surface area contributed by atoms with Gasteiger partial charge in [-0.15, -0.1) is 11.3 Å². The van der Waals surface area contributed by atoms with Gasteiger partial charge in [0.2, 0.25) is 5.91 Å². The number of aromatic nitrogens is 1. The lowest BCUT2D eigenvalue weighted by molar-refractivity contribution is -0.127. The van der Waals surface area contributed by atoms with E-state index in [9.17, 15) is 9.90 Å². The molecule has 23 heavy (non-hydrogen) atoms. The van der Waals surface area contributed by atoms with Crippen LogP contribution >= 0.6 is 11.3 Å². The Bertz CT molecular complexity index is 677. The number of thiazole rings is 1. The number of carbonyl (C=O) groups is 1. The molecule has 2 aromatic rings. The summed E-state index contributed by atoms with van der Waals surface area (Å²) in [5, 5.41) is 13.2. The molecule has 1 unspecified atom stereocenters. The molecule has 4 nitrogen and oxygen atoms in total. The fraction of sp³-hybridized carbons (Fsp3) is 0.333. The minimum absolute atomic E-state index is 0.121. The Hall–Kier alpha value is -1.98.